The highest BCUT2D eigenvalue weighted by molar-refractivity contribution is 5.39. The van der Waals surface area contributed by atoms with Gasteiger partial charge in [0.15, 0.2) is 0 Å². The molecule has 118 valence electrons. The lowest BCUT2D eigenvalue weighted by Crippen LogP contribution is -2.01. The maximum Gasteiger partial charge on any atom is 0.219 e. The molecule has 6 heteroatoms. The maximum absolute atomic E-state index is 12.8. The Morgan fingerprint density at radius 1 is 1.00 bits per heavy atom. The number of halogens is 1. The number of hydrogen-bond acceptors (Lipinski definition) is 5. The van der Waals surface area contributed by atoms with E-state index in [4.69, 9.17) is 10.00 Å². The van der Waals surface area contributed by atoms with E-state index < -0.39 is 0 Å². The zero-order valence-corrected chi connectivity index (χ0v) is 12.6. The summed E-state index contributed by atoms with van der Waals surface area (Å²) in [6.45, 7) is 0.544. The topological polar surface area (TPSA) is 70.8 Å². The number of rotatable bonds is 5. The summed E-state index contributed by atoms with van der Waals surface area (Å²) in [6.07, 6.45) is 3.20. The van der Waals surface area contributed by atoms with Crippen molar-refractivity contribution in [3.05, 3.63) is 77.9 Å². The largest absolute Gasteiger partial charge is 0.439 e. The zero-order chi connectivity index (χ0) is 16.8. The number of nitriles is 1. The normalized spacial score (nSPS) is 10.0. The third-order valence-corrected chi connectivity index (χ3v) is 3.20. The minimum atomic E-state index is -0.312. The SMILES string of the molecule is N#Cc1ccc(NCc2ccc(Oc3ccc(F)cc3)nc2)nc1. The van der Waals surface area contributed by atoms with Crippen LogP contribution < -0.4 is 10.1 Å². The van der Waals surface area contributed by atoms with Crippen molar-refractivity contribution in [2.75, 3.05) is 5.32 Å². The summed E-state index contributed by atoms with van der Waals surface area (Å²) >= 11 is 0. The summed E-state index contributed by atoms with van der Waals surface area (Å²) in [4.78, 5) is 8.35. The first kappa shape index (κ1) is 15.4. The molecule has 0 aliphatic heterocycles. The summed E-state index contributed by atoms with van der Waals surface area (Å²) < 4.78 is 18.4. The molecule has 0 radical (unpaired) electrons. The molecule has 3 aromatic rings. The van der Waals surface area contributed by atoms with Gasteiger partial charge in [0.2, 0.25) is 5.88 Å². The smallest absolute Gasteiger partial charge is 0.219 e. The van der Waals surface area contributed by atoms with Gasteiger partial charge in [-0.05, 0) is 42.0 Å². The quantitative estimate of drug-likeness (QED) is 0.772. The van der Waals surface area contributed by atoms with Crippen LogP contribution in [0.1, 0.15) is 11.1 Å². The molecule has 0 saturated carbocycles. The molecule has 2 aromatic heterocycles. The third-order valence-electron chi connectivity index (χ3n) is 3.20. The van der Waals surface area contributed by atoms with Crippen LogP contribution in [0.2, 0.25) is 0 Å². The van der Waals surface area contributed by atoms with E-state index in [1.165, 1.54) is 18.3 Å². The van der Waals surface area contributed by atoms with Crippen molar-refractivity contribution < 1.29 is 9.13 Å². The standard InChI is InChI=1S/C18H13FN4O/c19-15-3-5-16(6-4-15)24-18-8-2-14(12-23-18)11-22-17-7-1-13(9-20)10-21-17/h1-8,10,12H,11H2,(H,21,22). The van der Waals surface area contributed by atoms with E-state index in [1.54, 1.807) is 36.5 Å². The average molecular weight is 320 g/mol. The minimum absolute atomic E-state index is 0.312. The van der Waals surface area contributed by atoms with Crippen LogP contribution in [-0.2, 0) is 6.54 Å². The fourth-order valence-corrected chi connectivity index (χ4v) is 1.96. The molecule has 0 saturated heterocycles. The molecule has 0 aliphatic rings. The van der Waals surface area contributed by atoms with E-state index in [0.717, 1.165) is 5.56 Å². The lowest BCUT2D eigenvalue weighted by atomic mass is 10.2. The molecule has 2 heterocycles. The molecule has 0 atom stereocenters. The average Bonchev–Trinajstić information content (AvgIpc) is 2.63. The van der Waals surface area contributed by atoms with Gasteiger partial charge in [-0.3, -0.25) is 0 Å². The monoisotopic (exact) mass is 320 g/mol. The molecular formula is C18H13FN4O. The lowest BCUT2D eigenvalue weighted by Gasteiger charge is -2.07. The minimum Gasteiger partial charge on any atom is -0.439 e. The predicted octanol–water partition coefficient (Wildman–Crippen LogP) is 3.89. The van der Waals surface area contributed by atoms with Crippen molar-refractivity contribution in [1.29, 1.82) is 5.26 Å². The maximum atomic E-state index is 12.8. The second-order valence-corrected chi connectivity index (χ2v) is 4.96. The van der Waals surface area contributed by atoms with Crippen molar-refractivity contribution in [2.24, 2.45) is 0 Å². The van der Waals surface area contributed by atoms with Crippen LogP contribution in [0.25, 0.3) is 0 Å². The summed E-state index contributed by atoms with van der Waals surface area (Å²) in [7, 11) is 0. The highest BCUT2D eigenvalue weighted by Gasteiger charge is 2.01. The van der Waals surface area contributed by atoms with Gasteiger partial charge in [-0.15, -0.1) is 0 Å². The molecule has 0 bridgehead atoms. The fraction of sp³-hybridized carbons (Fsp3) is 0.0556. The Hall–Kier alpha value is -3.46. The van der Waals surface area contributed by atoms with Crippen LogP contribution in [0, 0.1) is 17.1 Å². The van der Waals surface area contributed by atoms with E-state index in [-0.39, 0.29) is 5.82 Å². The predicted molar refractivity (Wildman–Crippen MR) is 87.0 cm³/mol. The number of pyridine rings is 2. The summed E-state index contributed by atoms with van der Waals surface area (Å²) in [5.74, 6) is 1.33. The highest BCUT2D eigenvalue weighted by Crippen LogP contribution is 2.19. The number of nitrogens with zero attached hydrogens (tertiary/aromatic N) is 3. The number of anilines is 1. The van der Waals surface area contributed by atoms with Gasteiger partial charge in [-0.25, -0.2) is 14.4 Å². The molecule has 24 heavy (non-hydrogen) atoms. The number of nitrogens with one attached hydrogen (secondary N) is 1. The Balaban J connectivity index is 1.57. The molecule has 0 fully saturated rings. The second-order valence-electron chi connectivity index (χ2n) is 4.96. The third kappa shape index (κ3) is 4.05. The lowest BCUT2D eigenvalue weighted by molar-refractivity contribution is 0.461. The molecule has 3 rings (SSSR count). The van der Waals surface area contributed by atoms with E-state index >= 15 is 0 Å². The van der Waals surface area contributed by atoms with E-state index in [9.17, 15) is 4.39 Å². The van der Waals surface area contributed by atoms with Gasteiger partial charge in [0, 0.05) is 25.0 Å². The van der Waals surface area contributed by atoms with Gasteiger partial charge in [0.25, 0.3) is 0 Å². The summed E-state index contributed by atoms with van der Waals surface area (Å²) in [5.41, 5.74) is 1.47. The van der Waals surface area contributed by atoms with Gasteiger partial charge in [-0.1, -0.05) is 6.07 Å². The molecular weight excluding hydrogens is 307 g/mol. The molecule has 0 spiro atoms. The van der Waals surface area contributed by atoms with E-state index in [1.807, 2.05) is 12.1 Å². The summed E-state index contributed by atoms with van der Waals surface area (Å²) in [5, 5.41) is 11.9. The Morgan fingerprint density at radius 2 is 1.83 bits per heavy atom. The van der Waals surface area contributed by atoms with Crippen LogP contribution in [0.4, 0.5) is 10.2 Å². The summed E-state index contributed by atoms with van der Waals surface area (Å²) in [6, 6.07) is 14.8. The molecule has 0 amide bonds. The van der Waals surface area contributed by atoms with Crippen molar-refractivity contribution in [3.8, 4) is 17.7 Å². The number of aromatic nitrogens is 2. The van der Waals surface area contributed by atoms with Crippen molar-refractivity contribution in [1.82, 2.24) is 9.97 Å². The highest BCUT2D eigenvalue weighted by atomic mass is 19.1. The van der Waals surface area contributed by atoms with Crippen LogP contribution in [0.5, 0.6) is 11.6 Å². The molecule has 1 N–H and O–H groups in total. The van der Waals surface area contributed by atoms with Crippen LogP contribution in [-0.4, -0.2) is 9.97 Å². The van der Waals surface area contributed by atoms with Crippen molar-refractivity contribution in [3.63, 3.8) is 0 Å². The fourth-order valence-electron chi connectivity index (χ4n) is 1.96. The zero-order valence-electron chi connectivity index (χ0n) is 12.6. The van der Waals surface area contributed by atoms with Gasteiger partial charge < -0.3 is 10.1 Å². The second kappa shape index (κ2) is 7.20. The van der Waals surface area contributed by atoms with Gasteiger partial charge in [0.1, 0.15) is 23.5 Å². The van der Waals surface area contributed by atoms with E-state index in [0.29, 0.717) is 29.6 Å². The number of hydrogen-bond donors (Lipinski definition) is 1. The van der Waals surface area contributed by atoms with Gasteiger partial charge in [0.05, 0.1) is 5.56 Å². The van der Waals surface area contributed by atoms with Crippen molar-refractivity contribution in [2.45, 2.75) is 6.54 Å². The Labute approximate surface area is 138 Å². The first-order valence-corrected chi connectivity index (χ1v) is 7.21. The Kier molecular flexibility index (Phi) is 4.63. The number of ether oxygens (including phenoxy) is 1. The Morgan fingerprint density at radius 3 is 2.46 bits per heavy atom. The van der Waals surface area contributed by atoms with Gasteiger partial charge >= 0.3 is 0 Å². The van der Waals surface area contributed by atoms with Crippen LogP contribution in [0.3, 0.4) is 0 Å². The van der Waals surface area contributed by atoms with Crippen LogP contribution >= 0.6 is 0 Å². The molecule has 0 aliphatic carbocycles. The molecule has 5 nitrogen and oxygen atoms in total. The first-order valence-electron chi connectivity index (χ1n) is 7.21. The van der Waals surface area contributed by atoms with Gasteiger partial charge in [-0.2, -0.15) is 5.26 Å². The molecule has 0 unspecified atom stereocenters. The molecule has 1 aromatic carbocycles. The van der Waals surface area contributed by atoms with Crippen molar-refractivity contribution >= 4 is 5.82 Å². The van der Waals surface area contributed by atoms with Crippen LogP contribution in [0.15, 0.2) is 60.9 Å². The Bertz CT molecular complexity index is 840. The first-order chi connectivity index (χ1) is 11.7. The number of benzene rings is 1. The van der Waals surface area contributed by atoms with E-state index in [2.05, 4.69) is 15.3 Å².